The van der Waals surface area contributed by atoms with Crippen LogP contribution in [0.15, 0.2) is 72.8 Å². The average Bonchev–Trinajstić information content (AvgIpc) is 2.73. The molecule has 0 radical (unpaired) electrons. The summed E-state index contributed by atoms with van der Waals surface area (Å²) in [5, 5.41) is 10.3. The molecule has 0 atom stereocenters. The van der Waals surface area contributed by atoms with Gasteiger partial charge < -0.3 is 9.84 Å². The Labute approximate surface area is 169 Å². The Morgan fingerprint density at radius 1 is 0.931 bits per heavy atom. The molecule has 0 fully saturated rings. The van der Waals surface area contributed by atoms with E-state index in [1.165, 1.54) is 0 Å². The Morgan fingerprint density at radius 3 is 2.41 bits per heavy atom. The van der Waals surface area contributed by atoms with Crippen LogP contribution in [0.2, 0.25) is 0 Å². The first-order valence-corrected chi connectivity index (χ1v) is 9.38. The van der Waals surface area contributed by atoms with Crippen LogP contribution in [-0.2, 0) is 11.3 Å². The number of hydrogen-bond acceptors (Lipinski definition) is 3. The van der Waals surface area contributed by atoms with Gasteiger partial charge >= 0.3 is 5.97 Å². The van der Waals surface area contributed by atoms with Crippen molar-refractivity contribution >= 4 is 16.9 Å². The summed E-state index contributed by atoms with van der Waals surface area (Å²) in [7, 11) is 1.69. The first-order chi connectivity index (χ1) is 14.0. The maximum Gasteiger partial charge on any atom is 0.336 e. The number of nitrogens with zero attached hydrogens (tertiary/aromatic N) is 1. The lowest BCUT2D eigenvalue weighted by Crippen LogP contribution is -2.00. The number of aryl methyl sites for hydroxylation is 1. The van der Waals surface area contributed by atoms with Crippen LogP contribution in [0.3, 0.4) is 0 Å². The third-order valence-electron chi connectivity index (χ3n) is 4.95. The highest BCUT2D eigenvalue weighted by molar-refractivity contribution is 6.04. The lowest BCUT2D eigenvalue weighted by molar-refractivity contribution is 0.0699. The van der Waals surface area contributed by atoms with Crippen LogP contribution in [0.1, 0.15) is 21.5 Å². The summed E-state index contributed by atoms with van der Waals surface area (Å²) >= 11 is 0. The lowest BCUT2D eigenvalue weighted by atomic mass is 9.99. The molecule has 4 aromatic rings. The number of benzene rings is 3. The van der Waals surface area contributed by atoms with Gasteiger partial charge in [-0.25, -0.2) is 9.78 Å². The summed E-state index contributed by atoms with van der Waals surface area (Å²) in [5.41, 5.74) is 6.80. The Kier molecular flexibility index (Phi) is 5.10. The summed E-state index contributed by atoms with van der Waals surface area (Å²) in [6.07, 6.45) is 0. The van der Waals surface area contributed by atoms with Crippen LogP contribution in [0, 0.1) is 6.92 Å². The number of rotatable bonds is 5. The van der Waals surface area contributed by atoms with Crippen molar-refractivity contribution in [2.75, 3.05) is 7.11 Å². The highest BCUT2D eigenvalue weighted by Crippen LogP contribution is 2.28. The zero-order valence-electron chi connectivity index (χ0n) is 16.3. The number of aromatic carboxylic acids is 1. The van der Waals surface area contributed by atoms with Crippen molar-refractivity contribution in [1.29, 1.82) is 0 Å². The molecule has 0 aliphatic heterocycles. The van der Waals surface area contributed by atoms with E-state index in [4.69, 9.17) is 9.72 Å². The smallest absolute Gasteiger partial charge is 0.336 e. The van der Waals surface area contributed by atoms with Crippen LogP contribution < -0.4 is 0 Å². The largest absolute Gasteiger partial charge is 0.478 e. The number of fused-ring (bicyclic) bond motifs is 1. The second-order valence-corrected chi connectivity index (χ2v) is 7.09. The van der Waals surface area contributed by atoms with Gasteiger partial charge in [0.1, 0.15) is 0 Å². The molecular weight excluding hydrogens is 362 g/mol. The number of aromatic nitrogens is 1. The van der Waals surface area contributed by atoms with Gasteiger partial charge in [-0.3, -0.25) is 0 Å². The molecule has 4 nitrogen and oxygen atoms in total. The zero-order valence-corrected chi connectivity index (χ0v) is 16.3. The minimum Gasteiger partial charge on any atom is -0.478 e. The Hall–Kier alpha value is -3.50. The van der Waals surface area contributed by atoms with Crippen molar-refractivity contribution < 1.29 is 14.6 Å². The normalized spacial score (nSPS) is 11.0. The number of methoxy groups -OCH3 is 1. The van der Waals surface area contributed by atoms with Gasteiger partial charge in [-0.2, -0.15) is 0 Å². The topological polar surface area (TPSA) is 59.4 Å². The number of hydrogen-bond donors (Lipinski definition) is 1. The maximum atomic E-state index is 11.8. The van der Waals surface area contributed by atoms with Crippen LogP contribution in [0.4, 0.5) is 0 Å². The summed E-state index contributed by atoms with van der Waals surface area (Å²) in [4.78, 5) is 16.5. The molecule has 0 amide bonds. The van der Waals surface area contributed by atoms with Gasteiger partial charge in [-0.1, -0.05) is 54.1 Å². The minimum absolute atomic E-state index is 0.269. The lowest BCUT2D eigenvalue weighted by Gasteiger charge is -2.09. The maximum absolute atomic E-state index is 11.8. The number of pyridine rings is 1. The first kappa shape index (κ1) is 18.8. The first-order valence-electron chi connectivity index (χ1n) is 9.38. The van der Waals surface area contributed by atoms with Gasteiger partial charge in [0.2, 0.25) is 0 Å². The fraction of sp³-hybridized carbons (Fsp3) is 0.120. The van der Waals surface area contributed by atoms with Crippen molar-refractivity contribution in [2.45, 2.75) is 13.5 Å². The van der Waals surface area contributed by atoms with Crippen molar-refractivity contribution in [3.8, 4) is 22.4 Å². The van der Waals surface area contributed by atoms with E-state index in [1.807, 2.05) is 61.5 Å². The summed E-state index contributed by atoms with van der Waals surface area (Å²) in [5.74, 6) is -0.948. The van der Waals surface area contributed by atoms with Crippen molar-refractivity contribution in [2.24, 2.45) is 0 Å². The minimum atomic E-state index is -0.948. The molecule has 0 saturated carbocycles. The Balaban J connectivity index is 1.74. The number of carboxylic acids is 1. The van der Waals surface area contributed by atoms with E-state index in [9.17, 15) is 9.90 Å². The quantitative estimate of drug-likeness (QED) is 0.479. The summed E-state index contributed by atoms with van der Waals surface area (Å²) in [6, 6.07) is 23.6. The average molecular weight is 383 g/mol. The third-order valence-corrected chi connectivity index (χ3v) is 4.95. The van der Waals surface area contributed by atoms with E-state index in [1.54, 1.807) is 13.2 Å². The van der Waals surface area contributed by atoms with Gasteiger partial charge in [0, 0.05) is 18.1 Å². The molecule has 0 bridgehead atoms. The molecule has 0 unspecified atom stereocenters. The molecule has 3 aromatic carbocycles. The van der Waals surface area contributed by atoms with E-state index in [-0.39, 0.29) is 5.56 Å². The molecule has 1 aromatic heterocycles. The monoisotopic (exact) mass is 383 g/mol. The standard InChI is InChI=1S/C25H21NO3/c1-16-6-11-23-21(12-16)22(25(27)28)14-24(26-23)19-9-7-18(8-10-19)20-5-3-4-17(13-20)15-29-2/h3-14H,15H2,1-2H3,(H,27,28). The Morgan fingerprint density at radius 2 is 1.69 bits per heavy atom. The molecule has 0 spiro atoms. The van der Waals surface area contributed by atoms with Crippen molar-refractivity contribution in [1.82, 2.24) is 4.98 Å². The molecule has 1 N–H and O–H groups in total. The van der Waals surface area contributed by atoms with Crippen molar-refractivity contribution in [3.63, 3.8) is 0 Å². The molecular formula is C25H21NO3. The molecule has 4 rings (SSSR count). The van der Waals surface area contributed by atoms with Gasteiger partial charge in [-0.15, -0.1) is 0 Å². The predicted octanol–water partition coefficient (Wildman–Crippen LogP) is 5.72. The molecule has 4 heteroatoms. The zero-order chi connectivity index (χ0) is 20.4. The second-order valence-electron chi connectivity index (χ2n) is 7.09. The van der Waals surface area contributed by atoms with Crippen LogP contribution in [0.25, 0.3) is 33.3 Å². The van der Waals surface area contributed by atoms with E-state index >= 15 is 0 Å². The van der Waals surface area contributed by atoms with E-state index in [0.29, 0.717) is 23.2 Å². The van der Waals surface area contributed by atoms with Crippen LogP contribution in [-0.4, -0.2) is 23.2 Å². The second kappa shape index (κ2) is 7.86. The molecule has 0 saturated heterocycles. The third kappa shape index (κ3) is 3.89. The van der Waals surface area contributed by atoms with Gasteiger partial charge in [0.15, 0.2) is 0 Å². The summed E-state index contributed by atoms with van der Waals surface area (Å²) < 4.78 is 5.21. The fourth-order valence-electron chi connectivity index (χ4n) is 3.51. The Bertz CT molecular complexity index is 1200. The van der Waals surface area contributed by atoms with E-state index in [0.717, 1.165) is 27.8 Å². The van der Waals surface area contributed by atoms with E-state index in [2.05, 4.69) is 12.1 Å². The molecule has 29 heavy (non-hydrogen) atoms. The predicted molar refractivity (Wildman–Crippen MR) is 115 cm³/mol. The SMILES string of the molecule is COCc1cccc(-c2ccc(-c3cc(C(=O)O)c4cc(C)ccc4n3)cc2)c1. The number of carboxylic acid groups (broad SMARTS) is 1. The van der Waals surface area contributed by atoms with Crippen LogP contribution >= 0.6 is 0 Å². The summed E-state index contributed by atoms with van der Waals surface area (Å²) in [6.45, 7) is 2.52. The number of carbonyl (C=O) groups is 1. The molecule has 0 aliphatic rings. The highest BCUT2D eigenvalue weighted by atomic mass is 16.5. The molecule has 1 heterocycles. The van der Waals surface area contributed by atoms with Gasteiger partial charge in [-0.05, 0) is 47.9 Å². The molecule has 144 valence electrons. The fourth-order valence-corrected chi connectivity index (χ4v) is 3.51. The molecule has 0 aliphatic carbocycles. The van der Waals surface area contributed by atoms with Crippen molar-refractivity contribution in [3.05, 3.63) is 89.5 Å². The highest BCUT2D eigenvalue weighted by Gasteiger charge is 2.13. The van der Waals surface area contributed by atoms with E-state index < -0.39 is 5.97 Å². The van der Waals surface area contributed by atoms with Gasteiger partial charge in [0.05, 0.1) is 23.4 Å². The van der Waals surface area contributed by atoms with Gasteiger partial charge in [0.25, 0.3) is 0 Å². The number of ether oxygens (including phenoxy) is 1. The van der Waals surface area contributed by atoms with Crippen LogP contribution in [0.5, 0.6) is 0 Å².